The first kappa shape index (κ1) is 12.3. The lowest BCUT2D eigenvalue weighted by Crippen LogP contribution is -3.02. The molecule has 18 heavy (non-hydrogen) atoms. The van der Waals surface area contributed by atoms with Crippen LogP contribution in [0, 0.1) is 0 Å². The molecule has 90 valence electrons. The third kappa shape index (κ3) is 3.15. The summed E-state index contributed by atoms with van der Waals surface area (Å²) < 4.78 is 0. The van der Waals surface area contributed by atoms with E-state index >= 15 is 0 Å². The quantitative estimate of drug-likeness (QED) is 0.586. The molecule has 1 N–H and O–H groups in total. The highest BCUT2D eigenvalue weighted by Gasteiger charge is 2.05. The molecule has 1 heterocycles. The van der Waals surface area contributed by atoms with Crippen LogP contribution in [0.3, 0.4) is 0 Å². The van der Waals surface area contributed by atoms with Crippen molar-refractivity contribution in [3.63, 3.8) is 0 Å². The minimum Gasteiger partial charge on any atom is -0.289 e. The van der Waals surface area contributed by atoms with E-state index in [1.54, 1.807) is 12.2 Å². The summed E-state index contributed by atoms with van der Waals surface area (Å²) in [5, 5.41) is 0. The lowest BCUT2D eigenvalue weighted by Gasteiger charge is -2.10. The molecule has 0 aromatic heterocycles. The lowest BCUT2D eigenvalue weighted by atomic mass is 10.0. The summed E-state index contributed by atoms with van der Waals surface area (Å²) >= 11 is 0. The Morgan fingerprint density at radius 1 is 1.06 bits per heavy atom. The minimum absolute atomic E-state index is 0.0528. The molecule has 0 saturated heterocycles. The van der Waals surface area contributed by atoms with Crippen molar-refractivity contribution in [1.82, 2.24) is 0 Å². The number of nitrogens with one attached hydrogen (secondary N) is 1. The molecule has 2 aliphatic rings. The van der Waals surface area contributed by atoms with E-state index < -0.39 is 0 Å². The van der Waals surface area contributed by atoms with E-state index in [9.17, 15) is 4.79 Å². The van der Waals surface area contributed by atoms with Crippen LogP contribution in [0.25, 0.3) is 0 Å². The van der Waals surface area contributed by atoms with E-state index in [-0.39, 0.29) is 5.78 Å². The van der Waals surface area contributed by atoms with Gasteiger partial charge < -0.3 is 0 Å². The summed E-state index contributed by atoms with van der Waals surface area (Å²) in [4.78, 5) is 12.8. The Bertz CT molecular complexity index is 511. The van der Waals surface area contributed by atoms with Crippen LogP contribution in [0.5, 0.6) is 0 Å². The Hall–Kier alpha value is -2.19. The van der Waals surface area contributed by atoms with Gasteiger partial charge in [-0.25, -0.2) is 0 Å². The van der Waals surface area contributed by atoms with Crippen LogP contribution in [0.15, 0.2) is 84.8 Å². The molecule has 0 atom stereocenters. The zero-order valence-corrected chi connectivity index (χ0v) is 10.2. The highest BCUT2D eigenvalue weighted by atomic mass is 16.1. The van der Waals surface area contributed by atoms with Gasteiger partial charge in [0.05, 0.1) is 12.4 Å². The first-order valence-electron chi connectivity index (χ1n) is 5.93. The lowest BCUT2D eigenvalue weighted by molar-refractivity contribution is -0.783. The van der Waals surface area contributed by atoms with Crippen molar-refractivity contribution >= 4 is 5.78 Å². The molecular formula is C16H16NO+. The smallest absolute Gasteiger partial charge is 0.185 e. The third-order valence-electron chi connectivity index (χ3n) is 2.73. The average molecular weight is 238 g/mol. The Morgan fingerprint density at radius 3 is 2.44 bits per heavy atom. The number of carbonyl (C=O) groups excluding carboxylic acids is 1. The first-order chi connectivity index (χ1) is 8.79. The zero-order chi connectivity index (χ0) is 12.8. The van der Waals surface area contributed by atoms with Crippen LogP contribution in [0.1, 0.15) is 0 Å². The van der Waals surface area contributed by atoms with Crippen LogP contribution in [0.2, 0.25) is 0 Å². The summed E-state index contributed by atoms with van der Waals surface area (Å²) in [5.41, 5.74) is 1.80. The van der Waals surface area contributed by atoms with Gasteiger partial charge >= 0.3 is 0 Å². The Balaban J connectivity index is 2.06. The molecule has 2 heteroatoms. The number of hydrogen-bond donors (Lipinski definition) is 1. The SMILES string of the molecule is C=CC[NH+]1C=CC(=CC=C2C=CC=CC2=O)C=C1. The fourth-order valence-corrected chi connectivity index (χ4v) is 1.74. The number of rotatable bonds is 3. The Morgan fingerprint density at radius 2 is 1.78 bits per heavy atom. The molecule has 0 amide bonds. The molecule has 1 aliphatic heterocycles. The highest BCUT2D eigenvalue weighted by Crippen LogP contribution is 2.08. The number of hydrogen-bond acceptors (Lipinski definition) is 1. The number of quaternary nitrogens is 1. The van der Waals surface area contributed by atoms with Gasteiger partial charge in [0.15, 0.2) is 5.78 Å². The van der Waals surface area contributed by atoms with Gasteiger partial charge in [0.25, 0.3) is 0 Å². The van der Waals surface area contributed by atoms with Crippen LogP contribution in [0.4, 0.5) is 0 Å². The summed E-state index contributed by atoms with van der Waals surface area (Å²) in [5.74, 6) is 0.0528. The molecule has 0 unspecified atom stereocenters. The van der Waals surface area contributed by atoms with E-state index in [0.717, 1.165) is 12.1 Å². The fourth-order valence-electron chi connectivity index (χ4n) is 1.74. The van der Waals surface area contributed by atoms with Gasteiger partial charge in [0.2, 0.25) is 0 Å². The van der Waals surface area contributed by atoms with Gasteiger partial charge in [0.1, 0.15) is 6.54 Å². The van der Waals surface area contributed by atoms with Gasteiger partial charge in [-0.15, -0.1) is 0 Å². The zero-order valence-electron chi connectivity index (χ0n) is 10.2. The summed E-state index contributed by atoms with van der Waals surface area (Å²) in [6.07, 6.45) is 21.0. The molecular weight excluding hydrogens is 222 g/mol. The summed E-state index contributed by atoms with van der Waals surface area (Å²) in [7, 11) is 0. The van der Waals surface area contributed by atoms with E-state index in [2.05, 4.69) is 19.0 Å². The molecule has 0 fully saturated rings. The maximum absolute atomic E-state index is 11.5. The van der Waals surface area contributed by atoms with Gasteiger partial charge in [-0.1, -0.05) is 37.0 Å². The fraction of sp³-hybridized carbons (Fsp3) is 0.0625. The van der Waals surface area contributed by atoms with Crippen molar-refractivity contribution in [2.45, 2.75) is 0 Å². The van der Waals surface area contributed by atoms with Gasteiger partial charge in [0, 0.05) is 5.57 Å². The third-order valence-corrected chi connectivity index (χ3v) is 2.73. The standard InChI is InChI=1S/C16H15NO/c1-2-11-17-12-9-14(10-13-17)7-8-15-5-3-4-6-16(15)18/h2-10,12-13H,1,11H2/p+1. The normalized spacial score (nSPS) is 23.8. The monoisotopic (exact) mass is 238 g/mol. The second-order valence-electron chi connectivity index (χ2n) is 4.11. The average Bonchev–Trinajstić information content (AvgIpc) is 2.40. The molecule has 1 aliphatic carbocycles. The molecule has 0 aromatic carbocycles. The van der Waals surface area contributed by atoms with Crippen LogP contribution in [-0.4, -0.2) is 12.3 Å². The van der Waals surface area contributed by atoms with Gasteiger partial charge in [-0.3, -0.25) is 9.69 Å². The predicted molar refractivity (Wildman–Crippen MR) is 73.8 cm³/mol. The number of carbonyl (C=O) groups is 1. The molecule has 0 spiro atoms. The Kier molecular flexibility index (Phi) is 4.05. The van der Waals surface area contributed by atoms with Crippen molar-refractivity contribution in [2.75, 3.05) is 6.54 Å². The minimum atomic E-state index is 0.0528. The molecule has 2 nitrogen and oxygen atoms in total. The molecule has 0 aromatic rings. The van der Waals surface area contributed by atoms with Crippen LogP contribution in [-0.2, 0) is 4.79 Å². The highest BCUT2D eigenvalue weighted by molar-refractivity contribution is 6.07. The van der Waals surface area contributed by atoms with E-state index in [0.29, 0.717) is 5.57 Å². The molecule has 0 radical (unpaired) electrons. The Labute approximate surface area is 107 Å². The summed E-state index contributed by atoms with van der Waals surface area (Å²) in [6, 6.07) is 0. The van der Waals surface area contributed by atoms with E-state index in [1.165, 1.54) is 4.90 Å². The van der Waals surface area contributed by atoms with Crippen molar-refractivity contribution in [3.05, 3.63) is 84.8 Å². The molecule has 2 rings (SSSR count). The van der Waals surface area contributed by atoms with Gasteiger partial charge in [-0.05, 0) is 29.9 Å². The van der Waals surface area contributed by atoms with Crippen molar-refractivity contribution in [1.29, 1.82) is 0 Å². The predicted octanol–water partition coefficient (Wildman–Crippen LogP) is 1.65. The van der Waals surface area contributed by atoms with E-state index in [4.69, 9.17) is 0 Å². The summed E-state index contributed by atoms with van der Waals surface area (Å²) in [6.45, 7) is 4.60. The van der Waals surface area contributed by atoms with Crippen LogP contribution >= 0.6 is 0 Å². The van der Waals surface area contributed by atoms with E-state index in [1.807, 2.05) is 42.5 Å². The largest absolute Gasteiger partial charge is 0.289 e. The topological polar surface area (TPSA) is 21.5 Å². The second-order valence-corrected chi connectivity index (χ2v) is 4.11. The molecule has 0 saturated carbocycles. The van der Waals surface area contributed by atoms with Crippen LogP contribution < -0.4 is 4.90 Å². The number of allylic oxidation sites excluding steroid dienone is 10. The maximum Gasteiger partial charge on any atom is 0.185 e. The van der Waals surface area contributed by atoms with Crippen molar-refractivity contribution < 1.29 is 9.69 Å². The number of ketones is 1. The second kappa shape index (κ2) is 5.94. The molecule has 0 bridgehead atoms. The van der Waals surface area contributed by atoms with Crippen molar-refractivity contribution in [2.24, 2.45) is 0 Å². The van der Waals surface area contributed by atoms with Crippen molar-refractivity contribution in [3.8, 4) is 0 Å². The first-order valence-corrected chi connectivity index (χ1v) is 5.93. The van der Waals surface area contributed by atoms with Gasteiger partial charge in [-0.2, -0.15) is 0 Å². The maximum atomic E-state index is 11.5.